The molecule has 1 saturated heterocycles. The molecule has 1 heterocycles. The summed E-state index contributed by atoms with van der Waals surface area (Å²) in [7, 11) is 1.65. The van der Waals surface area contributed by atoms with Gasteiger partial charge in [0.1, 0.15) is 5.75 Å². The minimum absolute atomic E-state index is 0.0683. The van der Waals surface area contributed by atoms with Gasteiger partial charge in [-0.3, -0.25) is 0 Å². The van der Waals surface area contributed by atoms with Gasteiger partial charge in [0.05, 0.1) is 18.7 Å². The highest BCUT2D eigenvalue weighted by Gasteiger charge is 2.33. The second-order valence-electron chi connectivity index (χ2n) is 6.75. The van der Waals surface area contributed by atoms with Gasteiger partial charge in [-0.25, -0.2) is 0 Å². The van der Waals surface area contributed by atoms with Crippen LogP contribution in [0.15, 0.2) is 12.1 Å². The second-order valence-corrected chi connectivity index (χ2v) is 7.13. The molecule has 0 bridgehead atoms. The van der Waals surface area contributed by atoms with Gasteiger partial charge in [0.25, 0.3) is 0 Å². The van der Waals surface area contributed by atoms with Crippen molar-refractivity contribution in [2.75, 3.05) is 33.5 Å². The Morgan fingerprint density at radius 1 is 1.39 bits per heavy atom. The summed E-state index contributed by atoms with van der Waals surface area (Å²) in [6.45, 7) is 2.47. The molecule has 0 spiro atoms. The Labute approximate surface area is 143 Å². The Kier molecular flexibility index (Phi) is 5.47. The van der Waals surface area contributed by atoms with Crippen LogP contribution in [0.4, 0.5) is 0 Å². The largest absolute Gasteiger partial charge is 0.495 e. The van der Waals surface area contributed by atoms with Gasteiger partial charge in [0.2, 0.25) is 0 Å². The summed E-state index contributed by atoms with van der Waals surface area (Å²) in [5, 5.41) is 14.3. The Morgan fingerprint density at radius 2 is 2.17 bits per heavy atom. The molecule has 0 aromatic heterocycles. The van der Waals surface area contributed by atoms with E-state index in [0.29, 0.717) is 0 Å². The minimum Gasteiger partial charge on any atom is -0.495 e. The van der Waals surface area contributed by atoms with Crippen LogP contribution in [-0.4, -0.2) is 38.6 Å². The zero-order chi connectivity index (χ0) is 16.3. The van der Waals surface area contributed by atoms with Crippen molar-refractivity contribution in [2.45, 2.75) is 38.1 Å². The third kappa shape index (κ3) is 3.50. The van der Waals surface area contributed by atoms with Crippen molar-refractivity contribution in [1.82, 2.24) is 5.32 Å². The summed E-state index contributed by atoms with van der Waals surface area (Å²) in [4.78, 5) is 0. The van der Waals surface area contributed by atoms with Gasteiger partial charge in [0, 0.05) is 31.2 Å². The first-order chi connectivity index (χ1) is 11.2. The smallest absolute Gasteiger partial charge is 0.137 e. The highest BCUT2D eigenvalue weighted by Crippen LogP contribution is 2.40. The van der Waals surface area contributed by atoms with Crippen molar-refractivity contribution < 1.29 is 14.6 Å². The Bertz CT molecular complexity index is 543. The van der Waals surface area contributed by atoms with Gasteiger partial charge < -0.3 is 19.9 Å². The SMILES string of the molecule is COc1ccc2c(c1Cl)[C@@H](NCC1(CO)CCOCC1)CCC2. The average molecular weight is 340 g/mol. The number of hydrogen-bond acceptors (Lipinski definition) is 4. The maximum absolute atomic E-state index is 9.86. The molecule has 23 heavy (non-hydrogen) atoms. The number of aliphatic hydroxyl groups excluding tert-OH is 1. The summed E-state index contributed by atoms with van der Waals surface area (Å²) in [6, 6.07) is 4.31. The second kappa shape index (κ2) is 7.39. The lowest BCUT2D eigenvalue weighted by Crippen LogP contribution is -2.43. The number of benzene rings is 1. The molecular weight excluding hydrogens is 314 g/mol. The molecule has 3 rings (SSSR count). The van der Waals surface area contributed by atoms with Crippen LogP contribution in [-0.2, 0) is 11.2 Å². The van der Waals surface area contributed by atoms with E-state index in [0.717, 1.165) is 62.6 Å². The van der Waals surface area contributed by atoms with E-state index in [-0.39, 0.29) is 18.1 Å². The number of halogens is 1. The van der Waals surface area contributed by atoms with Crippen LogP contribution < -0.4 is 10.1 Å². The third-order valence-corrected chi connectivity index (χ3v) is 5.74. The predicted molar refractivity (Wildman–Crippen MR) is 91.3 cm³/mol. The minimum atomic E-state index is -0.0683. The first kappa shape index (κ1) is 17.0. The molecule has 0 radical (unpaired) electrons. The number of hydrogen-bond donors (Lipinski definition) is 2. The molecular formula is C18H26ClNO3. The number of aliphatic hydroxyl groups is 1. The van der Waals surface area contributed by atoms with Gasteiger partial charge in [-0.15, -0.1) is 0 Å². The van der Waals surface area contributed by atoms with Crippen molar-refractivity contribution in [3.63, 3.8) is 0 Å². The predicted octanol–water partition coefficient (Wildman–Crippen LogP) is 3.10. The van der Waals surface area contributed by atoms with Crippen molar-refractivity contribution in [3.8, 4) is 5.75 Å². The topological polar surface area (TPSA) is 50.7 Å². The van der Waals surface area contributed by atoms with Crippen LogP contribution >= 0.6 is 11.6 Å². The normalized spacial score (nSPS) is 23.3. The zero-order valence-electron chi connectivity index (χ0n) is 13.7. The van der Waals surface area contributed by atoms with Crippen LogP contribution in [0.3, 0.4) is 0 Å². The van der Waals surface area contributed by atoms with E-state index in [9.17, 15) is 5.11 Å². The van der Waals surface area contributed by atoms with Gasteiger partial charge in [-0.1, -0.05) is 17.7 Å². The number of aryl methyl sites for hydroxylation is 1. The molecule has 2 N–H and O–H groups in total. The maximum atomic E-state index is 9.86. The maximum Gasteiger partial charge on any atom is 0.137 e. The van der Waals surface area contributed by atoms with E-state index in [1.165, 1.54) is 11.1 Å². The lowest BCUT2D eigenvalue weighted by atomic mass is 9.80. The summed E-state index contributed by atoms with van der Waals surface area (Å²) in [5.74, 6) is 0.738. The summed E-state index contributed by atoms with van der Waals surface area (Å²) in [6.07, 6.45) is 5.10. The summed E-state index contributed by atoms with van der Waals surface area (Å²) >= 11 is 6.58. The van der Waals surface area contributed by atoms with Crippen LogP contribution in [0, 0.1) is 5.41 Å². The van der Waals surface area contributed by atoms with Crippen LogP contribution in [0.2, 0.25) is 5.02 Å². The Morgan fingerprint density at radius 3 is 2.87 bits per heavy atom. The number of ether oxygens (including phenoxy) is 2. The Hall–Kier alpha value is -0.810. The molecule has 5 heteroatoms. The molecule has 2 aliphatic rings. The zero-order valence-corrected chi connectivity index (χ0v) is 14.5. The monoisotopic (exact) mass is 339 g/mol. The van der Waals surface area contributed by atoms with Crippen LogP contribution in [0.5, 0.6) is 5.75 Å². The molecule has 1 aliphatic heterocycles. The fraction of sp³-hybridized carbons (Fsp3) is 0.667. The van der Waals surface area contributed by atoms with E-state index in [2.05, 4.69) is 11.4 Å². The van der Waals surface area contributed by atoms with Crippen LogP contribution in [0.25, 0.3) is 0 Å². The highest BCUT2D eigenvalue weighted by molar-refractivity contribution is 6.33. The van der Waals surface area contributed by atoms with E-state index in [4.69, 9.17) is 21.1 Å². The molecule has 1 aliphatic carbocycles. The van der Waals surface area contributed by atoms with Crippen molar-refractivity contribution >= 4 is 11.6 Å². The number of rotatable bonds is 5. The lowest BCUT2D eigenvalue weighted by Gasteiger charge is -2.38. The quantitative estimate of drug-likeness (QED) is 0.865. The molecule has 1 aromatic rings. The summed E-state index contributed by atoms with van der Waals surface area (Å²) < 4.78 is 10.8. The molecule has 1 fully saturated rings. The first-order valence-electron chi connectivity index (χ1n) is 8.46. The number of fused-ring (bicyclic) bond motifs is 1. The standard InChI is InChI=1S/C18H26ClNO3/c1-22-15-6-5-13-3-2-4-14(16(13)17(15)19)20-11-18(12-21)7-9-23-10-8-18/h5-6,14,20-21H,2-4,7-12H2,1H3/t14-/m0/s1. The molecule has 1 aromatic carbocycles. The van der Waals surface area contributed by atoms with E-state index in [1.54, 1.807) is 7.11 Å². The van der Waals surface area contributed by atoms with E-state index >= 15 is 0 Å². The number of nitrogens with one attached hydrogen (secondary N) is 1. The van der Waals surface area contributed by atoms with Crippen molar-refractivity contribution in [3.05, 3.63) is 28.3 Å². The van der Waals surface area contributed by atoms with Crippen LogP contribution in [0.1, 0.15) is 42.9 Å². The summed E-state index contributed by atoms with van der Waals surface area (Å²) in [5.41, 5.74) is 2.42. The molecule has 0 unspecified atom stereocenters. The van der Waals surface area contributed by atoms with Gasteiger partial charge >= 0.3 is 0 Å². The van der Waals surface area contributed by atoms with Gasteiger partial charge in [0.15, 0.2) is 0 Å². The van der Waals surface area contributed by atoms with E-state index < -0.39 is 0 Å². The molecule has 0 amide bonds. The fourth-order valence-corrected chi connectivity index (χ4v) is 4.14. The molecule has 128 valence electrons. The third-order valence-electron chi connectivity index (χ3n) is 5.35. The molecule has 4 nitrogen and oxygen atoms in total. The molecule has 0 saturated carbocycles. The molecule has 1 atom stereocenters. The first-order valence-corrected chi connectivity index (χ1v) is 8.84. The van der Waals surface area contributed by atoms with Gasteiger partial charge in [-0.05, 0) is 49.3 Å². The Balaban J connectivity index is 1.77. The highest BCUT2D eigenvalue weighted by atomic mass is 35.5. The van der Waals surface area contributed by atoms with Gasteiger partial charge in [-0.2, -0.15) is 0 Å². The lowest BCUT2D eigenvalue weighted by molar-refractivity contribution is -0.0168. The van der Waals surface area contributed by atoms with E-state index in [1.807, 2.05) is 6.07 Å². The van der Waals surface area contributed by atoms with Crippen molar-refractivity contribution in [1.29, 1.82) is 0 Å². The average Bonchev–Trinajstić information content (AvgIpc) is 2.61. The fourth-order valence-electron chi connectivity index (χ4n) is 3.75. The number of methoxy groups -OCH3 is 1. The van der Waals surface area contributed by atoms with Crippen molar-refractivity contribution in [2.24, 2.45) is 5.41 Å².